The Morgan fingerprint density at radius 2 is 1.88 bits per heavy atom. The van der Waals surface area contributed by atoms with Gasteiger partial charge in [0.25, 0.3) is 0 Å². The van der Waals surface area contributed by atoms with Crippen molar-refractivity contribution in [2.75, 3.05) is 25.0 Å². The number of hydrogen-bond donors (Lipinski definition) is 0. The molecule has 0 atom stereocenters. The second kappa shape index (κ2) is 6.90. The van der Waals surface area contributed by atoms with Crippen molar-refractivity contribution in [2.24, 2.45) is 0 Å². The van der Waals surface area contributed by atoms with Gasteiger partial charge in [-0.05, 0) is 48.7 Å². The first kappa shape index (κ1) is 18.1. The molecule has 1 aliphatic rings. The van der Waals surface area contributed by atoms with Gasteiger partial charge in [-0.15, -0.1) is 0 Å². The predicted molar refractivity (Wildman–Crippen MR) is 101 cm³/mol. The van der Waals surface area contributed by atoms with Crippen LogP contribution in [0, 0.1) is 6.92 Å². The Morgan fingerprint density at radius 1 is 1.20 bits per heavy atom. The Hall–Kier alpha value is -1.70. The average Bonchev–Trinajstić information content (AvgIpc) is 3.00. The number of halogens is 1. The molecule has 25 heavy (non-hydrogen) atoms. The molecule has 0 bridgehead atoms. The van der Waals surface area contributed by atoms with Gasteiger partial charge in [-0.2, -0.15) is 4.31 Å². The number of amides is 1. The largest absolute Gasteiger partial charge is 0.310 e. The van der Waals surface area contributed by atoms with Crippen LogP contribution in [0.1, 0.15) is 11.1 Å². The molecule has 0 saturated heterocycles. The molecular formula is C18H19BrN2O3S. The Balaban J connectivity index is 1.79. The zero-order valence-corrected chi connectivity index (χ0v) is 16.5. The highest BCUT2D eigenvalue weighted by atomic mass is 79.9. The van der Waals surface area contributed by atoms with E-state index < -0.39 is 10.0 Å². The summed E-state index contributed by atoms with van der Waals surface area (Å²) in [5, 5.41) is 0. The minimum atomic E-state index is -3.70. The zero-order chi connectivity index (χ0) is 18.2. The summed E-state index contributed by atoms with van der Waals surface area (Å²) < 4.78 is 27.2. The van der Waals surface area contributed by atoms with Crippen molar-refractivity contribution in [3.05, 3.63) is 58.1 Å². The molecule has 1 amide bonds. The maximum atomic E-state index is 12.7. The van der Waals surface area contributed by atoms with E-state index in [9.17, 15) is 13.2 Å². The fourth-order valence-corrected chi connectivity index (χ4v) is 4.43. The molecule has 0 fully saturated rings. The third-order valence-electron chi connectivity index (χ3n) is 4.38. The first-order valence-corrected chi connectivity index (χ1v) is 10.1. The number of likely N-dealkylation sites (N-methyl/N-ethyl adjacent to an activating group) is 1. The monoisotopic (exact) mass is 422 g/mol. The lowest BCUT2D eigenvalue weighted by atomic mass is 10.1. The van der Waals surface area contributed by atoms with E-state index in [1.54, 1.807) is 17.0 Å². The van der Waals surface area contributed by atoms with E-state index in [-0.39, 0.29) is 17.3 Å². The fraction of sp³-hybridized carbons (Fsp3) is 0.278. The van der Waals surface area contributed by atoms with Gasteiger partial charge in [0.05, 0.1) is 11.4 Å². The van der Waals surface area contributed by atoms with Gasteiger partial charge in [0, 0.05) is 23.8 Å². The van der Waals surface area contributed by atoms with Crippen molar-refractivity contribution in [3.8, 4) is 0 Å². The van der Waals surface area contributed by atoms with Gasteiger partial charge in [-0.1, -0.05) is 34.1 Å². The maximum Gasteiger partial charge on any atom is 0.243 e. The van der Waals surface area contributed by atoms with E-state index in [1.807, 2.05) is 25.1 Å². The average molecular weight is 423 g/mol. The summed E-state index contributed by atoms with van der Waals surface area (Å²) in [4.78, 5) is 14.6. The molecule has 0 radical (unpaired) electrons. The van der Waals surface area contributed by atoms with Gasteiger partial charge in [0.15, 0.2) is 0 Å². The smallest absolute Gasteiger partial charge is 0.243 e. The van der Waals surface area contributed by atoms with Crippen LogP contribution in [0.4, 0.5) is 5.69 Å². The molecular weight excluding hydrogens is 404 g/mol. The van der Waals surface area contributed by atoms with Gasteiger partial charge in [-0.25, -0.2) is 8.42 Å². The molecule has 0 aromatic heterocycles. The van der Waals surface area contributed by atoms with Crippen LogP contribution in [-0.2, 0) is 21.2 Å². The summed E-state index contributed by atoms with van der Waals surface area (Å²) in [6.45, 7) is 2.37. The van der Waals surface area contributed by atoms with Crippen molar-refractivity contribution < 1.29 is 13.2 Å². The lowest BCUT2D eigenvalue weighted by Crippen LogP contribution is -2.40. The van der Waals surface area contributed by atoms with Crippen LogP contribution in [0.5, 0.6) is 0 Å². The molecule has 1 aliphatic heterocycles. The molecule has 1 heterocycles. The van der Waals surface area contributed by atoms with Gasteiger partial charge < -0.3 is 4.90 Å². The summed E-state index contributed by atoms with van der Waals surface area (Å²) >= 11 is 3.29. The highest BCUT2D eigenvalue weighted by Gasteiger charge is 2.29. The Kier molecular flexibility index (Phi) is 4.99. The second-order valence-corrected chi connectivity index (χ2v) is 9.05. The van der Waals surface area contributed by atoms with E-state index in [0.717, 1.165) is 32.0 Å². The first-order chi connectivity index (χ1) is 11.8. The molecule has 2 aromatic carbocycles. The van der Waals surface area contributed by atoms with E-state index in [4.69, 9.17) is 0 Å². The first-order valence-electron chi connectivity index (χ1n) is 7.91. The number of para-hydroxylation sites is 1. The van der Waals surface area contributed by atoms with Crippen molar-refractivity contribution in [3.63, 3.8) is 0 Å². The quantitative estimate of drug-likeness (QED) is 0.760. The maximum absolute atomic E-state index is 12.7. The van der Waals surface area contributed by atoms with E-state index in [1.165, 1.54) is 19.2 Å². The standard InChI is InChI=1S/C18H19BrN2O3S/c1-13-4-3-5-14-10-11-21(18(13)14)17(22)12-20(2)25(23,24)16-8-6-15(19)7-9-16/h3-9H,10-12H2,1-2H3. The van der Waals surface area contributed by atoms with Crippen molar-refractivity contribution >= 4 is 37.5 Å². The Bertz CT molecular complexity index is 910. The number of sulfonamides is 1. The number of nitrogens with zero attached hydrogens (tertiary/aromatic N) is 2. The van der Waals surface area contributed by atoms with E-state index in [0.29, 0.717) is 6.54 Å². The van der Waals surface area contributed by atoms with E-state index in [2.05, 4.69) is 15.9 Å². The lowest BCUT2D eigenvalue weighted by molar-refractivity contribution is -0.118. The number of hydrogen-bond acceptors (Lipinski definition) is 3. The number of fused-ring (bicyclic) bond motifs is 1. The van der Waals surface area contributed by atoms with Gasteiger partial charge in [0.1, 0.15) is 0 Å². The Morgan fingerprint density at radius 3 is 2.56 bits per heavy atom. The van der Waals surface area contributed by atoms with Crippen LogP contribution in [0.25, 0.3) is 0 Å². The number of anilines is 1. The Labute approximate surface area is 156 Å². The second-order valence-electron chi connectivity index (χ2n) is 6.09. The van der Waals surface area contributed by atoms with Crippen LogP contribution in [0.2, 0.25) is 0 Å². The fourth-order valence-electron chi connectivity index (χ4n) is 3.05. The number of carbonyl (C=O) groups is 1. The van der Waals surface area contributed by atoms with Gasteiger partial charge in [-0.3, -0.25) is 4.79 Å². The highest BCUT2D eigenvalue weighted by Crippen LogP contribution is 2.31. The SMILES string of the molecule is Cc1cccc2c1N(C(=O)CN(C)S(=O)(=O)c1ccc(Br)cc1)CC2. The minimum Gasteiger partial charge on any atom is -0.310 e. The molecule has 0 spiro atoms. The van der Waals surface area contributed by atoms with Crippen LogP contribution >= 0.6 is 15.9 Å². The molecule has 0 N–H and O–H groups in total. The van der Waals surface area contributed by atoms with Crippen molar-refractivity contribution in [2.45, 2.75) is 18.2 Å². The predicted octanol–water partition coefficient (Wildman–Crippen LogP) is 2.97. The van der Waals surface area contributed by atoms with E-state index >= 15 is 0 Å². The van der Waals surface area contributed by atoms with Crippen molar-refractivity contribution in [1.29, 1.82) is 0 Å². The molecule has 0 unspecified atom stereocenters. The van der Waals surface area contributed by atoms with Crippen LogP contribution < -0.4 is 4.90 Å². The zero-order valence-electron chi connectivity index (χ0n) is 14.1. The summed E-state index contributed by atoms with van der Waals surface area (Å²) in [7, 11) is -2.27. The van der Waals surface area contributed by atoms with Gasteiger partial charge >= 0.3 is 0 Å². The minimum absolute atomic E-state index is 0.170. The molecule has 5 nitrogen and oxygen atoms in total. The number of aryl methyl sites for hydroxylation is 1. The number of benzene rings is 2. The molecule has 7 heteroatoms. The summed E-state index contributed by atoms with van der Waals surface area (Å²) in [5.74, 6) is -0.212. The topological polar surface area (TPSA) is 57.7 Å². The lowest BCUT2D eigenvalue weighted by Gasteiger charge is -2.23. The van der Waals surface area contributed by atoms with Crippen molar-refractivity contribution in [1.82, 2.24) is 4.31 Å². The normalized spacial score (nSPS) is 14.0. The number of carbonyl (C=O) groups excluding carboxylic acids is 1. The van der Waals surface area contributed by atoms with Crippen LogP contribution in [-0.4, -0.2) is 38.8 Å². The third kappa shape index (κ3) is 3.49. The summed E-state index contributed by atoms with van der Waals surface area (Å²) in [6, 6.07) is 12.3. The van der Waals surface area contributed by atoms with Crippen LogP contribution in [0.3, 0.4) is 0 Å². The molecule has 3 rings (SSSR count). The highest BCUT2D eigenvalue weighted by molar-refractivity contribution is 9.10. The summed E-state index contributed by atoms with van der Waals surface area (Å²) in [6.07, 6.45) is 0.798. The molecule has 2 aromatic rings. The molecule has 0 saturated carbocycles. The summed E-state index contributed by atoms with van der Waals surface area (Å²) in [5.41, 5.74) is 3.08. The van der Waals surface area contributed by atoms with Crippen LogP contribution in [0.15, 0.2) is 51.8 Å². The van der Waals surface area contributed by atoms with Gasteiger partial charge in [0.2, 0.25) is 15.9 Å². The third-order valence-corrected chi connectivity index (χ3v) is 6.72. The number of rotatable bonds is 4. The molecule has 0 aliphatic carbocycles. The molecule has 132 valence electrons.